The Hall–Kier alpha value is -3.44. The fourth-order valence-electron chi connectivity index (χ4n) is 2.66. The van der Waals surface area contributed by atoms with Crippen LogP contribution in [-0.2, 0) is 19.6 Å². The number of ether oxygens (including phenoxy) is 2. The molecule has 2 aromatic carbocycles. The van der Waals surface area contributed by atoms with E-state index in [0.717, 1.165) is 0 Å². The molecule has 0 saturated carbocycles. The van der Waals surface area contributed by atoms with Crippen LogP contribution in [0.15, 0.2) is 47.4 Å². The van der Waals surface area contributed by atoms with Crippen LogP contribution in [0.25, 0.3) is 0 Å². The number of sulfonamides is 1. The number of hydrogen-bond donors (Lipinski definition) is 3. The van der Waals surface area contributed by atoms with Crippen LogP contribution < -0.4 is 20.1 Å². The van der Waals surface area contributed by atoms with E-state index in [1.165, 1.54) is 25.3 Å². The number of nitrogens with one attached hydrogen (secondary N) is 3. The standard InChI is InChI=1S/C22H27N3O7S/c1-14-6-11-17(33(29,30)25-22(2,3)4)12-18(14)20(27)32-13-19(26)24-21(28)23-15-7-9-16(31-5)10-8-15/h6-12,25H,13H2,1-5H3,(H2,23,24,26,28). The number of rotatable bonds is 7. The Balaban J connectivity index is 1.97. The number of esters is 1. The van der Waals surface area contributed by atoms with Crippen LogP contribution in [0.1, 0.15) is 36.7 Å². The summed E-state index contributed by atoms with van der Waals surface area (Å²) in [6, 6.07) is 9.65. The van der Waals surface area contributed by atoms with Crippen LogP contribution in [0.2, 0.25) is 0 Å². The minimum absolute atomic E-state index is 0.0118. The molecular formula is C22H27N3O7S. The second-order valence-corrected chi connectivity index (χ2v) is 9.82. The highest BCUT2D eigenvalue weighted by atomic mass is 32.2. The molecule has 3 N–H and O–H groups in total. The van der Waals surface area contributed by atoms with E-state index in [0.29, 0.717) is 17.0 Å². The van der Waals surface area contributed by atoms with Gasteiger partial charge in [0.2, 0.25) is 10.0 Å². The summed E-state index contributed by atoms with van der Waals surface area (Å²) >= 11 is 0. The fraction of sp³-hybridized carbons (Fsp3) is 0.318. The van der Waals surface area contributed by atoms with Crippen molar-refractivity contribution in [2.45, 2.75) is 38.1 Å². The van der Waals surface area contributed by atoms with Crippen molar-refractivity contribution in [3.05, 3.63) is 53.6 Å². The third-order valence-corrected chi connectivity index (χ3v) is 5.87. The maximum Gasteiger partial charge on any atom is 0.338 e. The van der Waals surface area contributed by atoms with Crippen molar-refractivity contribution in [1.29, 1.82) is 0 Å². The second kappa shape index (κ2) is 10.5. The molecule has 2 aromatic rings. The molecule has 11 heteroatoms. The van der Waals surface area contributed by atoms with Gasteiger partial charge in [-0.15, -0.1) is 0 Å². The maximum absolute atomic E-state index is 12.5. The predicted molar refractivity (Wildman–Crippen MR) is 122 cm³/mol. The minimum atomic E-state index is -3.87. The van der Waals surface area contributed by atoms with Gasteiger partial charge in [-0.05, 0) is 69.7 Å². The zero-order chi connectivity index (χ0) is 24.8. The van der Waals surface area contributed by atoms with Gasteiger partial charge >= 0.3 is 12.0 Å². The van der Waals surface area contributed by atoms with Crippen LogP contribution in [0.5, 0.6) is 5.75 Å². The third-order valence-electron chi connectivity index (χ3n) is 4.11. The monoisotopic (exact) mass is 477 g/mol. The highest BCUT2D eigenvalue weighted by Gasteiger charge is 2.24. The van der Waals surface area contributed by atoms with Crippen LogP contribution in [0.4, 0.5) is 10.5 Å². The van der Waals surface area contributed by atoms with Gasteiger partial charge in [0.15, 0.2) is 6.61 Å². The Labute approximate surface area is 192 Å². The zero-order valence-electron chi connectivity index (χ0n) is 19.0. The Morgan fingerprint density at radius 3 is 2.21 bits per heavy atom. The molecule has 0 heterocycles. The number of anilines is 1. The van der Waals surface area contributed by atoms with E-state index in [-0.39, 0.29) is 10.5 Å². The van der Waals surface area contributed by atoms with Gasteiger partial charge in [0.25, 0.3) is 5.91 Å². The molecule has 0 aromatic heterocycles. The van der Waals surface area contributed by atoms with E-state index in [1.54, 1.807) is 52.0 Å². The molecule has 33 heavy (non-hydrogen) atoms. The lowest BCUT2D eigenvalue weighted by Crippen LogP contribution is -2.40. The summed E-state index contributed by atoms with van der Waals surface area (Å²) in [7, 11) is -2.36. The van der Waals surface area contributed by atoms with Gasteiger partial charge in [-0.2, -0.15) is 0 Å². The molecule has 0 aliphatic rings. The fourth-order valence-corrected chi connectivity index (χ4v) is 4.10. The first-order valence-corrected chi connectivity index (χ1v) is 11.4. The minimum Gasteiger partial charge on any atom is -0.497 e. The van der Waals surface area contributed by atoms with Crippen molar-refractivity contribution in [3.63, 3.8) is 0 Å². The first-order chi connectivity index (χ1) is 15.3. The number of benzene rings is 2. The number of aryl methyl sites for hydroxylation is 1. The van der Waals surface area contributed by atoms with Gasteiger partial charge in [-0.25, -0.2) is 22.7 Å². The van der Waals surface area contributed by atoms with E-state index in [9.17, 15) is 22.8 Å². The number of methoxy groups -OCH3 is 1. The summed E-state index contributed by atoms with van der Waals surface area (Å²) in [5.74, 6) is -1.15. The summed E-state index contributed by atoms with van der Waals surface area (Å²) in [6.07, 6.45) is 0. The number of imide groups is 1. The first kappa shape index (κ1) is 25.8. The normalized spacial score (nSPS) is 11.4. The smallest absolute Gasteiger partial charge is 0.338 e. The molecule has 10 nitrogen and oxygen atoms in total. The SMILES string of the molecule is COc1ccc(NC(=O)NC(=O)COC(=O)c2cc(S(=O)(=O)NC(C)(C)C)ccc2C)cc1. The van der Waals surface area contributed by atoms with Crippen molar-refractivity contribution in [3.8, 4) is 5.75 Å². The van der Waals surface area contributed by atoms with Crippen molar-refractivity contribution >= 4 is 33.6 Å². The van der Waals surface area contributed by atoms with E-state index in [4.69, 9.17) is 9.47 Å². The molecule has 0 unspecified atom stereocenters. The number of carbonyl (C=O) groups excluding carboxylic acids is 3. The molecule has 0 fully saturated rings. The Morgan fingerprint density at radius 2 is 1.64 bits per heavy atom. The highest BCUT2D eigenvalue weighted by molar-refractivity contribution is 7.89. The van der Waals surface area contributed by atoms with Crippen LogP contribution in [0.3, 0.4) is 0 Å². The summed E-state index contributed by atoms with van der Waals surface area (Å²) in [6.45, 7) is 5.95. The lowest BCUT2D eigenvalue weighted by Gasteiger charge is -2.20. The number of urea groups is 1. The lowest BCUT2D eigenvalue weighted by atomic mass is 10.1. The van der Waals surface area contributed by atoms with Crippen LogP contribution >= 0.6 is 0 Å². The molecule has 0 aliphatic carbocycles. The largest absolute Gasteiger partial charge is 0.497 e. The quantitative estimate of drug-likeness (QED) is 0.521. The molecule has 0 aliphatic heterocycles. The van der Waals surface area contributed by atoms with Crippen LogP contribution in [-0.4, -0.2) is 45.6 Å². The number of hydrogen-bond acceptors (Lipinski definition) is 7. The molecule has 0 spiro atoms. The molecule has 0 bridgehead atoms. The molecule has 0 saturated heterocycles. The average molecular weight is 478 g/mol. The summed E-state index contributed by atoms with van der Waals surface area (Å²) < 4.78 is 37.5. The Kier molecular flexibility index (Phi) is 8.18. The Morgan fingerprint density at radius 1 is 1.00 bits per heavy atom. The van der Waals surface area contributed by atoms with Gasteiger partial charge in [-0.1, -0.05) is 6.07 Å². The topological polar surface area (TPSA) is 140 Å². The third kappa shape index (κ3) is 7.88. The van der Waals surface area contributed by atoms with Crippen molar-refractivity contribution in [2.75, 3.05) is 19.0 Å². The van der Waals surface area contributed by atoms with Gasteiger partial charge in [0, 0.05) is 11.2 Å². The van der Waals surface area contributed by atoms with E-state index in [1.807, 2.05) is 5.32 Å². The molecule has 2 rings (SSSR count). The van der Waals surface area contributed by atoms with Gasteiger partial charge in [-0.3, -0.25) is 10.1 Å². The highest BCUT2D eigenvalue weighted by Crippen LogP contribution is 2.19. The molecule has 0 radical (unpaired) electrons. The molecule has 3 amide bonds. The Bertz CT molecular complexity index is 1140. The number of amides is 3. The zero-order valence-corrected chi connectivity index (χ0v) is 19.8. The van der Waals surface area contributed by atoms with E-state index >= 15 is 0 Å². The predicted octanol–water partition coefficient (Wildman–Crippen LogP) is 2.59. The van der Waals surface area contributed by atoms with Gasteiger partial charge in [0.1, 0.15) is 5.75 Å². The molecule has 178 valence electrons. The van der Waals surface area contributed by atoms with Crippen molar-refractivity contribution in [1.82, 2.24) is 10.0 Å². The van der Waals surface area contributed by atoms with Crippen LogP contribution in [0, 0.1) is 6.92 Å². The second-order valence-electron chi connectivity index (χ2n) is 8.14. The molecular weight excluding hydrogens is 450 g/mol. The number of carbonyl (C=O) groups is 3. The van der Waals surface area contributed by atoms with Gasteiger partial charge < -0.3 is 14.8 Å². The first-order valence-electron chi connectivity index (χ1n) is 9.87. The summed E-state index contributed by atoms with van der Waals surface area (Å²) in [4.78, 5) is 36.2. The van der Waals surface area contributed by atoms with Gasteiger partial charge in [0.05, 0.1) is 17.6 Å². The maximum atomic E-state index is 12.5. The van der Waals surface area contributed by atoms with E-state index < -0.39 is 40.1 Å². The summed E-state index contributed by atoms with van der Waals surface area (Å²) in [5, 5.41) is 4.49. The molecule has 0 atom stereocenters. The lowest BCUT2D eigenvalue weighted by molar-refractivity contribution is -0.123. The van der Waals surface area contributed by atoms with E-state index in [2.05, 4.69) is 10.0 Å². The van der Waals surface area contributed by atoms with Crippen molar-refractivity contribution < 1.29 is 32.3 Å². The van der Waals surface area contributed by atoms with Crippen molar-refractivity contribution in [2.24, 2.45) is 0 Å². The average Bonchev–Trinajstić information content (AvgIpc) is 2.71. The summed E-state index contributed by atoms with van der Waals surface area (Å²) in [5.41, 5.74) is 0.166.